The van der Waals surface area contributed by atoms with Crippen molar-refractivity contribution in [2.45, 2.75) is 5.75 Å². The summed E-state index contributed by atoms with van der Waals surface area (Å²) in [4.78, 5) is 4.40. The van der Waals surface area contributed by atoms with E-state index < -0.39 is 0 Å². The number of hydrogen-bond donors (Lipinski definition) is 0. The first kappa shape index (κ1) is 12.7. The van der Waals surface area contributed by atoms with Gasteiger partial charge in [-0.25, -0.2) is 4.98 Å². The van der Waals surface area contributed by atoms with Crippen molar-refractivity contribution in [2.75, 3.05) is 19.5 Å². The molecular formula is C13H14ClNOS. The number of halogens is 1. The van der Waals surface area contributed by atoms with Gasteiger partial charge in [-0.3, -0.25) is 0 Å². The summed E-state index contributed by atoms with van der Waals surface area (Å²) in [7, 11) is 1.71. The Bertz CT molecular complexity index is 504. The van der Waals surface area contributed by atoms with Gasteiger partial charge in [0.05, 0.1) is 12.1 Å². The van der Waals surface area contributed by atoms with Crippen LogP contribution < -0.4 is 0 Å². The lowest BCUT2D eigenvalue weighted by Gasteiger charge is -2.05. The van der Waals surface area contributed by atoms with Gasteiger partial charge in [-0.05, 0) is 12.1 Å². The Balaban J connectivity index is 2.14. The maximum Gasteiger partial charge on any atom is 0.133 e. The van der Waals surface area contributed by atoms with E-state index in [1.165, 1.54) is 0 Å². The zero-order valence-corrected chi connectivity index (χ0v) is 11.2. The molecule has 17 heavy (non-hydrogen) atoms. The first-order valence-corrected chi connectivity index (χ1v) is 6.95. The molecule has 0 N–H and O–H groups in total. The molecule has 4 heteroatoms. The molecule has 0 fully saturated rings. The van der Waals surface area contributed by atoms with E-state index in [0.29, 0.717) is 5.15 Å². The molecule has 0 amide bonds. The summed E-state index contributed by atoms with van der Waals surface area (Å²) in [5, 5.41) is 1.74. The minimum absolute atomic E-state index is 0.605. The second-order valence-corrected chi connectivity index (χ2v) is 5.14. The number of aromatic nitrogens is 1. The lowest BCUT2D eigenvalue weighted by molar-refractivity contribution is 0.218. The quantitative estimate of drug-likeness (QED) is 0.608. The molecule has 0 bridgehead atoms. The minimum Gasteiger partial charge on any atom is -0.384 e. The van der Waals surface area contributed by atoms with Gasteiger partial charge in [-0.15, -0.1) is 0 Å². The predicted molar refractivity (Wildman–Crippen MR) is 74.8 cm³/mol. The molecule has 0 aliphatic carbocycles. The van der Waals surface area contributed by atoms with Crippen molar-refractivity contribution < 1.29 is 4.74 Å². The second-order valence-electron chi connectivity index (χ2n) is 3.68. The topological polar surface area (TPSA) is 22.1 Å². The van der Waals surface area contributed by atoms with Gasteiger partial charge in [0.25, 0.3) is 0 Å². The number of benzene rings is 1. The highest BCUT2D eigenvalue weighted by molar-refractivity contribution is 7.98. The van der Waals surface area contributed by atoms with Crippen LogP contribution in [0.3, 0.4) is 0 Å². The SMILES string of the molecule is COCCSCc1cc2ccccc2nc1Cl. The molecule has 2 rings (SSSR count). The zero-order valence-electron chi connectivity index (χ0n) is 9.65. The Morgan fingerprint density at radius 1 is 1.35 bits per heavy atom. The Morgan fingerprint density at radius 2 is 2.18 bits per heavy atom. The number of thioether (sulfide) groups is 1. The third kappa shape index (κ3) is 3.35. The molecule has 2 aromatic rings. The van der Waals surface area contributed by atoms with E-state index in [-0.39, 0.29) is 0 Å². The van der Waals surface area contributed by atoms with Crippen LogP contribution in [0.2, 0.25) is 5.15 Å². The Kier molecular flexibility index (Phi) is 4.66. The molecule has 0 unspecified atom stereocenters. The van der Waals surface area contributed by atoms with E-state index >= 15 is 0 Å². The summed E-state index contributed by atoms with van der Waals surface area (Å²) >= 11 is 7.96. The van der Waals surface area contributed by atoms with E-state index in [4.69, 9.17) is 16.3 Å². The van der Waals surface area contributed by atoms with Crippen LogP contribution in [0.5, 0.6) is 0 Å². The van der Waals surface area contributed by atoms with Crippen LogP contribution >= 0.6 is 23.4 Å². The molecule has 0 aliphatic heterocycles. The molecule has 0 saturated heterocycles. The second kappa shape index (κ2) is 6.24. The van der Waals surface area contributed by atoms with Gasteiger partial charge < -0.3 is 4.74 Å². The number of pyridine rings is 1. The monoisotopic (exact) mass is 267 g/mol. The van der Waals surface area contributed by atoms with Crippen molar-refractivity contribution in [3.8, 4) is 0 Å². The van der Waals surface area contributed by atoms with E-state index in [1.54, 1.807) is 18.9 Å². The highest BCUT2D eigenvalue weighted by Crippen LogP contribution is 2.24. The summed E-state index contributed by atoms with van der Waals surface area (Å²) in [6.07, 6.45) is 0. The van der Waals surface area contributed by atoms with Crippen LogP contribution in [-0.2, 0) is 10.5 Å². The van der Waals surface area contributed by atoms with Crippen molar-refractivity contribution in [2.24, 2.45) is 0 Å². The van der Waals surface area contributed by atoms with Gasteiger partial charge >= 0.3 is 0 Å². The summed E-state index contributed by atoms with van der Waals surface area (Å²) in [6, 6.07) is 10.1. The lowest BCUT2D eigenvalue weighted by Crippen LogP contribution is -1.94. The molecule has 0 atom stereocenters. The van der Waals surface area contributed by atoms with Crippen LogP contribution in [0.1, 0.15) is 5.56 Å². The van der Waals surface area contributed by atoms with Gasteiger partial charge in [0, 0.05) is 29.6 Å². The van der Waals surface area contributed by atoms with Gasteiger partial charge in [-0.2, -0.15) is 11.8 Å². The fourth-order valence-electron chi connectivity index (χ4n) is 1.56. The first-order chi connectivity index (χ1) is 8.31. The third-order valence-electron chi connectivity index (χ3n) is 2.44. The summed E-state index contributed by atoms with van der Waals surface area (Å²) in [6.45, 7) is 0.767. The first-order valence-electron chi connectivity index (χ1n) is 5.42. The normalized spacial score (nSPS) is 10.9. The predicted octanol–water partition coefficient (Wildman–Crippen LogP) is 3.77. The maximum atomic E-state index is 6.16. The van der Waals surface area contributed by atoms with Gasteiger partial charge in [0.2, 0.25) is 0 Å². The van der Waals surface area contributed by atoms with Crippen molar-refractivity contribution in [1.82, 2.24) is 4.98 Å². The molecule has 0 spiro atoms. The fourth-order valence-corrected chi connectivity index (χ4v) is 2.72. The molecule has 0 aliphatic rings. The third-order valence-corrected chi connectivity index (χ3v) is 3.74. The standard InChI is InChI=1S/C13H14ClNOS/c1-16-6-7-17-9-11-8-10-4-2-3-5-12(10)15-13(11)14/h2-5,8H,6-7,9H2,1H3. The average Bonchev–Trinajstić information content (AvgIpc) is 2.35. The van der Waals surface area contributed by atoms with E-state index in [2.05, 4.69) is 17.1 Å². The van der Waals surface area contributed by atoms with Crippen LogP contribution in [0, 0.1) is 0 Å². The van der Waals surface area contributed by atoms with Crippen LogP contribution in [0.15, 0.2) is 30.3 Å². The Labute approximate surface area is 110 Å². The maximum absolute atomic E-state index is 6.16. The molecule has 2 nitrogen and oxygen atoms in total. The zero-order chi connectivity index (χ0) is 12.1. The molecule has 1 heterocycles. The molecule has 1 aromatic carbocycles. The molecule has 1 aromatic heterocycles. The number of nitrogens with zero attached hydrogens (tertiary/aromatic N) is 1. The number of hydrogen-bond acceptors (Lipinski definition) is 3. The summed E-state index contributed by atoms with van der Waals surface area (Å²) in [5.41, 5.74) is 2.04. The lowest BCUT2D eigenvalue weighted by atomic mass is 10.2. The van der Waals surface area contributed by atoms with Gasteiger partial charge in [-0.1, -0.05) is 29.8 Å². The van der Waals surface area contributed by atoms with Crippen molar-refractivity contribution in [3.63, 3.8) is 0 Å². The van der Waals surface area contributed by atoms with E-state index in [9.17, 15) is 0 Å². The molecule has 0 saturated carbocycles. The summed E-state index contributed by atoms with van der Waals surface area (Å²) < 4.78 is 5.01. The van der Waals surface area contributed by atoms with Crippen molar-refractivity contribution in [1.29, 1.82) is 0 Å². The van der Waals surface area contributed by atoms with Crippen LogP contribution in [0.25, 0.3) is 10.9 Å². The molecular weight excluding hydrogens is 254 g/mol. The van der Waals surface area contributed by atoms with Crippen molar-refractivity contribution in [3.05, 3.63) is 41.0 Å². The van der Waals surface area contributed by atoms with Crippen LogP contribution in [-0.4, -0.2) is 24.5 Å². The number of para-hydroxylation sites is 1. The average molecular weight is 268 g/mol. The number of ether oxygens (including phenoxy) is 1. The van der Waals surface area contributed by atoms with E-state index in [0.717, 1.165) is 34.6 Å². The highest BCUT2D eigenvalue weighted by atomic mass is 35.5. The van der Waals surface area contributed by atoms with Gasteiger partial charge in [0.15, 0.2) is 0 Å². The Hall–Kier alpha value is -0.770. The van der Waals surface area contributed by atoms with Gasteiger partial charge in [0.1, 0.15) is 5.15 Å². The number of rotatable bonds is 5. The van der Waals surface area contributed by atoms with Crippen LogP contribution in [0.4, 0.5) is 0 Å². The largest absolute Gasteiger partial charge is 0.384 e. The highest BCUT2D eigenvalue weighted by Gasteiger charge is 2.04. The van der Waals surface area contributed by atoms with E-state index in [1.807, 2.05) is 18.2 Å². The number of fused-ring (bicyclic) bond motifs is 1. The summed E-state index contributed by atoms with van der Waals surface area (Å²) in [5.74, 6) is 1.85. The minimum atomic E-state index is 0.605. The molecule has 0 radical (unpaired) electrons. The van der Waals surface area contributed by atoms with Crippen molar-refractivity contribution >= 4 is 34.3 Å². The molecule has 90 valence electrons. The fraction of sp³-hybridized carbons (Fsp3) is 0.308. The smallest absolute Gasteiger partial charge is 0.133 e. The Morgan fingerprint density at radius 3 is 3.00 bits per heavy atom. The number of methoxy groups -OCH3 is 1.